The number of rotatable bonds is 11. The third-order valence-corrected chi connectivity index (χ3v) is 6.63. The van der Waals surface area contributed by atoms with Crippen molar-refractivity contribution in [1.29, 1.82) is 0 Å². The maximum atomic E-state index is 12.9. The van der Waals surface area contributed by atoms with Gasteiger partial charge < -0.3 is 25.2 Å². The van der Waals surface area contributed by atoms with Crippen LogP contribution in [0.25, 0.3) is 0 Å². The number of carbonyl (C=O) groups is 1. The zero-order valence-corrected chi connectivity index (χ0v) is 20.1. The summed E-state index contributed by atoms with van der Waals surface area (Å²) < 4.78 is 12.0. The molecule has 3 N–H and O–H groups in total. The van der Waals surface area contributed by atoms with E-state index in [1.165, 1.54) is 31.2 Å². The zero-order chi connectivity index (χ0) is 25.3. The first-order valence-electron chi connectivity index (χ1n) is 12.3. The number of hydrogen-bond donors (Lipinski definition) is 3. The molecular weight excluding hydrogens is 464 g/mol. The van der Waals surface area contributed by atoms with E-state index in [0.29, 0.717) is 37.9 Å². The van der Waals surface area contributed by atoms with E-state index in [1.807, 2.05) is 30.3 Å². The number of pyridine rings is 1. The highest BCUT2D eigenvalue weighted by atomic mass is 16.7. The molecule has 10 nitrogen and oxygen atoms in total. The molecule has 1 fully saturated rings. The minimum Gasteiger partial charge on any atom is -0.459 e. The smallest absolute Gasteiger partial charge is 0.287 e. The molecule has 2 aliphatic rings. The molecule has 2 aromatic rings. The van der Waals surface area contributed by atoms with Crippen LogP contribution in [0, 0.1) is 22.0 Å². The number of aliphatic hydroxyl groups is 1. The van der Waals surface area contributed by atoms with Gasteiger partial charge in [0.2, 0.25) is 6.29 Å². The van der Waals surface area contributed by atoms with Gasteiger partial charge >= 0.3 is 0 Å². The number of aromatic nitrogens is 1. The van der Waals surface area contributed by atoms with Gasteiger partial charge in [-0.05, 0) is 47.9 Å². The number of amides is 1. The SMILES string of the molecule is O=C(NCCNc1ccc([N+](=O)[O-])cn1)C1=C[C@@H](C2CCCC2)C[C@@H](OCc2ccc(CO)cc2)O1. The van der Waals surface area contributed by atoms with Gasteiger partial charge in [-0.15, -0.1) is 0 Å². The number of nitrogens with zero attached hydrogens (tertiary/aromatic N) is 2. The van der Waals surface area contributed by atoms with E-state index in [4.69, 9.17) is 9.47 Å². The first kappa shape index (κ1) is 25.6. The molecule has 10 heteroatoms. The van der Waals surface area contributed by atoms with Crippen LogP contribution >= 0.6 is 0 Å². The Morgan fingerprint density at radius 3 is 2.56 bits per heavy atom. The predicted octanol–water partition coefficient (Wildman–Crippen LogP) is 3.66. The molecule has 4 rings (SSSR count). The van der Waals surface area contributed by atoms with Crippen LogP contribution in [0.15, 0.2) is 54.4 Å². The van der Waals surface area contributed by atoms with E-state index in [2.05, 4.69) is 15.6 Å². The molecule has 1 aromatic heterocycles. The van der Waals surface area contributed by atoms with Gasteiger partial charge in [-0.25, -0.2) is 4.98 Å². The number of nitrogens with one attached hydrogen (secondary N) is 2. The number of benzene rings is 1. The number of aliphatic hydroxyl groups excluding tert-OH is 1. The summed E-state index contributed by atoms with van der Waals surface area (Å²) in [5.74, 6) is 1.24. The summed E-state index contributed by atoms with van der Waals surface area (Å²) in [6, 6.07) is 10.5. The van der Waals surface area contributed by atoms with Crippen LogP contribution in [-0.4, -0.2) is 40.3 Å². The van der Waals surface area contributed by atoms with Crippen molar-refractivity contribution in [1.82, 2.24) is 10.3 Å². The summed E-state index contributed by atoms with van der Waals surface area (Å²) in [6.45, 7) is 1.09. The van der Waals surface area contributed by atoms with Crippen molar-refractivity contribution in [2.45, 2.75) is 51.6 Å². The van der Waals surface area contributed by atoms with Gasteiger partial charge in [-0.1, -0.05) is 37.1 Å². The van der Waals surface area contributed by atoms with Crippen LogP contribution in [0.3, 0.4) is 0 Å². The van der Waals surface area contributed by atoms with Crippen molar-refractivity contribution in [2.75, 3.05) is 18.4 Å². The van der Waals surface area contributed by atoms with Gasteiger partial charge in [0, 0.05) is 25.6 Å². The Labute approximate surface area is 209 Å². The van der Waals surface area contributed by atoms with Crippen LogP contribution < -0.4 is 10.6 Å². The summed E-state index contributed by atoms with van der Waals surface area (Å²) in [4.78, 5) is 27.1. The fraction of sp³-hybridized carbons (Fsp3) is 0.462. The molecule has 192 valence electrons. The first-order valence-corrected chi connectivity index (χ1v) is 12.3. The number of allylic oxidation sites excluding steroid dienone is 1. The third kappa shape index (κ3) is 7.02. The van der Waals surface area contributed by atoms with E-state index >= 15 is 0 Å². The van der Waals surface area contributed by atoms with Crippen molar-refractivity contribution in [2.24, 2.45) is 11.8 Å². The van der Waals surface area contributed by atoms with Crippen molar-refractivity contribution in [3.63, 3.8) is 0 Å². The molecule has 0 radical (unpaired) electrons. The Kier molecular flexibility index (Phi) is 8.85. The van der Waals surface area contributed by atoms with E-state index < -0.39 is 11.2 Å². The fourth-order valence-corrected chi connectivity index (χ4v) is 4.64. The molecule has 1 aliphatic carbocycles. The lowest BCUT2D eigenvalue weighted by Gasteiger charge is -2.32. The number of ether oxygens (including phenoxy) is 2. The highest BCUT2D eigenvalue weighted by Gasteiger charge is 2.33. The van der Waals surface area contributed by atoms with E-state index in [1.54, 1.807) is 0 Å². The third-order valence-electron chi connectivity index (χ3n) is 6.63. The minimum atomic E-state index is -0.513. The van der Waals surface area contributed by atoms with Crippen molar-refractivity contribution in [3.05, 3.63) is 75.7 Å². The lowest BCUT2D eigenvalue weighted by atomic mass is 9.86. The molecular formula is C26H32N4O6. The molecule has 2 heterocycles. The van der Waals surface area contributed by atoms with Crippen molar-refractivity contribution < 1.29 is 24.3 Å². The Morgan fingerprint density at radius 2 is 1.89 bits per heavy atom. The van der Waals surface area contributed by atoms with Gasteiger partial charge in [-0.2, -0.15) is 0 Å². The highest BCUT2D eigenvalue weighted by molar-refractivity contribution is 5.91. The summed E-state index contributed by atoms with van der Waals surface area (Å²) in [6.07, 6.45) is 8.06. The minimum absolute atomic E-state index is 0.000876. The molecule has 0 spiro atoms. The van der Waals surface area contributed by atoms with Crippen molar-refractivity contribution >= 4 is 17.4 Å². The van der Waals surface area contributed by atoms with E-state index in [0.717, 1.165) is 24.0 Å². The largest absolute Gasteiger partial charge is 0.459 e. The number of anilines is 1. The Hall–Kier alpha value is -3.50. The maximum absolute atomic E-state index is 12.9. The van der Waals surface area contributed by atoms with Gasteiger partial charge in [0.1, 0.15) is 12.0 Å². The number of hydrogen-bond acceptors (Lipinski definition) is 8. The summed E-state index contributed by atoms with van der Waals surface area (Å²) in [7, 11) is 0. The number of carbonyl (C=O) groups excluding carboxylic acids is 1. The van der Waals surface area contributed by atoms with Gasteiger partial charge in [0.05, 0.1) is 18.1 Å². The molecule has 36 heavy (non-hydrogen) atoms. The molecule has 0 bridgehead atoms. The average Bonchev–Trinajstić information content (AvgIpc) is 3.45. The fourth-order valence-electron chi connectivity index (χ4n) is 4.64. The first-order chi connectivity index (χ1) is 17.5. The summed E-state index contributed by atoms with van der Waals surface area (Å²) >= 11 is 0. The van der Waals surface area contributed by atoms with Crippen LogP contribution in [0.5, 0.6) is 0 Å². The zero-order valence-electron chi connectivity index (χ0n) is 20.1. The Bertz CT molecular complexity index is 1050. The van der Waals surface area contributed by atoms with Crippen LogP contribution in [-0.2, 0) is 27.5 Å². The summed E-state index contributed by atoms with van der Waals surface area (Å²) in [5, 5.41) is 25.8. The second kappa shape index (κ2) is 12.5. The topological polar surface area (TPSA) is 136 Å². The molecule has 2 atom stereocenters. The Balaban J connectivity index is 1.30. The average molecular weight is 497 g/mol. The van der Waals surface area contributed by atoms with Gasteiger partial charge in [0.15, 0.2) is 5.76 Å². The van der Waals surface area contributed by atoms with Gasteiger partial charge in [0.25, 0.3) is 11.6 Å². The van der Waals surface area contributed by atoms with Gasteiger partial charge in [-0.3, -0.25) is 14.9 Å². The number of nitro groups is 1. The van der Waals surface area contributed by atoms with Crippen LogP contribution in [0.2, 0.25) is 0 Å². The van der Waals surface area contributed by atoms with Crippen molar-refractivity contribution in [3.8, 4) is 0 Å². The quantitative estimate of drug-likeness (QED) is 0.244. The molecule has 0 saturated heterocycles. The maximum Gasteiger partial charge on any atom is 0.287 e. The van der Waals surface area contributed by atoms with E-state index in [-0.39, 0.29) is 29.9 Å². The second-order valence-electron chi connectivity index (χ2n) is 9.15. The molecule has 1 aliphatic heterocycles. The summed E-state index contributed by atoms with van der Waals surface area (Å²) in [5.41, 5.74) is 1.74. The van der Waals surface area contributed by atoms with Crippen LogP contribution in [0.1, 0.15) is 43.2 Å². The van der Waals surface area contributed by atoms with Crippen LogP contribution in [0.4, 0.5) is 11.5 Å². The van der Waals surface area contributed by atoms with E-state index in [9.17, 15) is 20.0 Å². The monoisotopic (exact) mass is 496 g/mol. The standard InChI is InChI=1S/C26H32N4O6/c31-16-18-5-7-19(8-6-18)17-35-25-14-21(20-3-1-2-4-20)13-23(36-25)26(32)28-12-11-27-24-10-9-22(15-29-24)30(33)34/h5-10,13,15,20-21,25,31H,1-4,11-12,14,16-17H2,(H,27,29)(H,28,32)/t21-,25+/m1/s1. The lowest BCUT2D eigenvalue weighted by molar-refractivity contribution is -0.385. The normalized spacial score (nSPS) is 19.9. The second-order valence-corrected chi connectivity index (χ2v) is 9.15. The molecule has 1 amide bonds. The highest BCUT2D eigenvalue weighted by Crippen LogP contribution is 2.38. The predicted molar refractivity (Wildman–Crippen MR) is 133 cm³/mol. The molecule has 1 saturated carbocycles. The molecule has 1 aromatic carbocycles. The molecule has 0 unspecified atom stereocenters. The lowest BCUT2D eigenvalue weighted by Crippen LogP contribution is -2.36. The Morgan fingerprint density at radius 1 is 1.14 bits per heavy atom.